The van der Waals surface area contributed by atoms with Crippen LogP contribution in [0.2, 0.25) is 0 Å². The van der Waals surface area contributed by atoms with Crippen molar-refractivity contribution >= 4 is 5.97 Å². The molecular weight excluding hydrogens is 178 g/mol. The second-order valence-corrected chi connectivity index (χ2v) is 3.14. The number of hydrogen-bond acceptors (Lipinski definition) is 3. The number of nitrogens with two attached hydrogens (primary N) is 1. The van der Waals surface area contributed by atoms with Gasteiger partial charge in [0.05, 0.1) is 6.61 Å². The fourth-order valence-electron chi connectivity index (χ4n) is 1.14. The molecule has 0 aliphatic heterocycles. The number of hydrogen-bond donors (Lipinski definition) is 1. The fraction of sp³-hybridized carbons (Fsp3) is 0.364. The molecule has 0 heterocycles. The standard InChI is InChI=1S/C11H15NO2/c1-3-14-11(13)10(12)9-6-4-8(2)5-7-9/h4-7,10H,3,12H2,1-2H3. The SMILES string of the molecule is CCOC(=O)C(N)c1ccc(C)cc1. The first-order valence-corrected chi connectivity index (χ1v) is 4.64. The lowest BCUT2D eigenvalue weighted by atomic mass is 10.1. The molecule has 0 saturated heterocycles. The summed E-state index contributed by atoms with van der Waals surface area (Å²) >= 11 is 0. The lowest BCUT2D eigenvalue weighted by molar-refractivity contribution is -0.144. The lowest BCUT2D eigenvalue weighted by Crippen LogP contribution is -2.23. The molecule has 0 spiro atoms. The summed E-state index contributed by atoms with van der Waals surface area (Å²) in [6, 6.07) is 6.87. The monoisotopic (exact) mass is 193 g/mol. The summed E-state index contributed by atoms with van der Waals surface area (Å²) in [6.07, 6.45) is 0. The Morgan fingerprint density at radius 3 is 2.50 bits per heavy atom. The minimum absolute atomic E-state index is 0.360. The van der Waals surface area contributed by atoms with Gasteiger partial charge in [-0.15, -0.1) is 0 Å². The van der Waals surface area contributed by atoms with Gasteiger partial charge in [0.1, 0.15) is 6.04 Å². The van der Waals surface area contributed by atoms with Crippen LogP contribution in [0.15, 0.2) is 24.3 Å². The Bertz CT molecular complexity index is 306. The summed E-state index contributed by atoms with van der Waals surface area (Å²) in [5.41, 5.74) is 7.63. The first-order valence-electron chi connectivity index (χ1n) is 4.64. The number of carbonyl (C=O) groups is 1. The highest BCUT2D eigenvalue weighted by Gasteiger charge is 2.15. The van der Waals surface area contributed by atoms with E-state index >= 15 is 0 Å². The van der Waals surface area contributed by atoms with Gasteiger partial charge in [-0.3, -0.25) is 0 Å². The van der Waals surface area contributed by atoms with E-state index in [1.807, 2.05) is 31.2 Å². The molecule has 0 saturated carbocycles. The smallest absolute Gasteiger partial charge is 0.327 e. The van der Waals surface area contributed by atoms with E-state index in [4.69, 9.17) is 10.5 Å². The highest BCUT2D eigenvalue weighted by atomic mass is 16.5. The number of benzene rings is 1. The Morgan fingerprint density at radius 2 is 2.00 bits per heavy atom. The van der Waals surface area contributed by atoms with E-state index in [1.165, 1.54) is 0 Å². The van der Waals surface area contributed by atoms with Gasteiger partial charge in [-0.25, -0.2) is 4.79 Å². The van der Waals surface area contributed by atoms with Crippen LogP contribution in [0.3, 0.4) is 0 Å². The van der Waals surface area contributed by atoms with Crippen LogP contribution in [0.1, 0.15) is 24.1 Å². The normalized spacial score (nSPS) is 12.2. The van der Waals surface area contributed by atoms with Crippen LogP contribution in [-0.4, -0.2) is 12.6 Å². The Morgan fingerprint density at radius 1 is 1.43 bits per heavy atom. The molecule has 0 radical (unpaired) electrons. The predicted octanol–water partition coefficient (Wildman–Crippen LogP) is 1.56. The number of carbonyl (C=O) groups excluding carboxylic acids is 1. The van der Waals surface area contributed by atoms with E-state index in [0.717, 1.165) is 11.1 Å². The molecule has 0 aromatic heterocycles. The first kappa shape index (κ1) is 10.7. The van der Waals surface area contributed by atoms with Crippen molar-refractivity contribution in [1.82, 2.24) is 0 Å². The molecule has 3 heteroatoms. The molecule has 3 nitrogen and oxygen atoms in total. The van der Waals surface area contributed by atoms with Gasteiger partial charge >= 0.3 is 5.97 Å². The Balaban J connectivity index is 2.73. The highest BCUT2D eigenvalue weighted by Crippen LogP contribution is 2.12. The Hall–Kier alpha value is -1.35. The molecule has 14 heavy (non-hydrogen) atoms. The van der Waals surface area contributed by atoms with Crippen LogP contribution in [0.5, 0.6) is 0 Å². The number of rotatable bonds is 3. The van der Waals surface area contributed by atoms with Crippen molar-refractivity contribution in [2.75, 3.05) is 6.61 Å². The van der Waals surface area contributed by atoms with Gasteiger partial charge in [-0.2, -0.15) is 0 Å². The van der Waals surface area contributed by atoms with Crippen LogP contribution in [0.25, 0.3) is 0 Å². The van der Waals surface area contributed by atoms with Crippen LogP contribution in [-0.2, 0) is 9.53 Å². The van der Waals surface area contributed by atoms with Crippen LogP contribution >= 0.6 is 0 Å². The van der Waals surface area contributed by atoms with Gasteiger partial charge in [0, 0.05) is 0 Å². The van der Waals surface area contributed by atoms with Crippen molar-refractivity contribution in [3.8, 4) is 0 Å². The summed E-state index contributed by atoms with van der Waals surface area (Å²) in [4.78, 5) is 11.3. The third kappa shape index (κ3) is 2.57. The second-order valence-electron chi connectivity index (χ2n) is 3.14. The third-order valence-corrected chi connectivity index (χ3v) is 1.98. The average molecular weight is 193 g/mol. The predicted molar refractivity (Wildman–Crippen MR) is 54.7 cm³/mol. The van der Waals surface area contributed by atoms with Gasteiger partial charge in [0.25, 0.3) is 0 Å². The molecule has 0 fully saturated rings. The Kier molecular flexibility index (Phi) is 3.65. The fourth-order valence-corrected chi connectivity index (χ4v) is 1.14. The maximum absolute atomic E-state index is 11.3. The molecule has 2 N–H and O–H groups in total. The van der Waals surface area contributed by atoms with Gasteiger partial charge in [-0.05, 0) is 19.4 Å². The van der Waals surface area contributed by atoms with Crippen molar-refractivity contribution in [3.63, 3.8) is 0 Å². The minimum atomic E-state index is -0.671. The van der Waals surface area contributed by atoms with Crippen LogP contribution < -0.4 is 5.73 Å². The number of esters is 1. The van der Waals surface area contributed by atoms with Crippen molar-refractivity contribution in [2.24, 2.45) is 5.73 Å². The molecule has 1 aromatic carbocycles. The average Bonchev–Trinajstić information content (AvgIpc) is 2.18. The van der Waals surface area contributed by atoms with Crippen LogP contribution in [0.4, 0.5) is 0 Å². The molecule has 0 bridgehead atoms. The van der Waals surface area contributed by atoms with E-state index in [-0.39, 0.29) is 5.97 Å². The zero-order valence-electron chi connectivity index (χ0n) is 8.49. The Labute approximate surface area is 83.9 Å². The summed E-state index contributed by atoms with van der Waals surface area (Å²) in [6.45, 7) is 4.11. The molecule has 1 atom stereocenters. The molecule has 0 aliphatic carbocycles. The van der Waals surface area contributed by atoms with E-state index in [9.17, 15) is 4.79 Å². The summed E-state index contributed by atoms with van der Waals surface area (Å²) < 4.78 is 4.82. The molecular formula is C11H15NO2. The molecule has 0 amide bonds. The van der Waals surface area contributed by atoms with Crippen molar-refractivity contribution < 1.29 is 9.53 Å². The zero-order valence-corrected chi connectivity index (χ0v) is 8.49. The van der Waals surface area contributed by atoms with Gasteiger partial charge in [0.2, 0.25) is 0 Å². The van der Waals surface area contributed by atoms with Gasteiger partial charge in [-0.1, -0.05) is 29.8 Å². The molecule has 1 rings (SSSR count). The van der Waals surface area contributed by atoms with Gasteiger partial charge < -0.3 is 10.5 Å². The van der Waals surface area contributed by atoms with Crippen molar-refractivity contribution in [2.45, 2.75) is 19.9 Å². The summed E-state index contributed by atoms with van der Waals surface area (Å²) in [7, 11) is 0. The maximum Gasteiger partial charge on any atom is 0.327 e. The van der Waals surface area contributed by atoms with E-state index in [0.29, 0.717) is 6.61 Å². The number of ether oxygens (including phenoxy) is 1. The summed E-state index contributed by atoms with van der Waals surface area (Å²) in [5, 5.41) is 0. The van der Waals surface area contributed by atoms with Crippen molar-refractivity contribution in [1.29, 1.82) is 0 Å². The van der Waals surface area contributed by atoms with Gasteiger partial charge in [0.15, 0.2) is 0 Å². The summed E-state index contributed by atoms with van der Waals surface area (Å²) in [5.74, 6) is -0.378. The van der Waals surface area contributed by atoms with Crippen molar-refractivity contribution in [3.05, 3.63) is 35.4 Å². The lowest BCUT2D eigenvalue weighted by Gasteiger charge is -2.10. The first-order chi connectivity index (χ1) is 6.65. The minimum Gasteiger partial charge on any atom is -0.465 e. The molecule has 1 aromatic rings. The van der Waals surface area contributed by atoms with E-state index in [2.05, 4.69) is 0 Å². The molecule has 1 unspecified atom stereocenters. The number of aryl methyl sites for hydroxylation is 1. The van der Waals surface area contributed by atoms with E-state index < -0.39 is 6.04 Å². The maximum atomic E-state index is 11.3. The topological polar surface area (TPSA) is 52.3 Å². The second kappa shape index (κ2) is 4.77. The van der Waals surface area contributed by atoms with E-state index in [1.54, 1.807) is 6.92 Å². The van der Waals surface area contributed by atoms with Crippen LogP contribution in [0, 0.1) is 6.92 Å². The molecule has 0 aliphatic rings. The largest absolute Gasteiger partial charge is 0.465 e. The highest BCUT2D eigenvalue weighted by molar-refractivity contribution is 5.77. The molecule has 76 valence electrons. The quantitative estimate of drug-likeness (QED) is 0.741. The zero-order chi connectivity index (χ0) is 10.6. The third-order valence-electron chi connectivity index (χ3n) is 1.98.